The maximum Gasteiger partial charge on any atom is 0.263 e. The Kier molecular flexibility index (Phi) is 7.14. The van der Waals surface area contributed by atoms with Gasteiger partial charge in [-0.1, -0.05) is 29.8 Å². The van der Waals surface area contributed by atoms with Crippen molar-refractivity contribution in [2.75, 3.05) is 37.5 Å². The summed E-state index contributed by atoms with van der Waals surface area (Å²) in [7, 11) is 3.06. The minimum absolute atomic E-state index is 0.0720. The van der Waals surface area contributed by atoms with E-state index in [2.05, 4.69) is 20.2 Å². The zero-order chi connectivity index (χ0) is 23.2. The lowest BCUT2D eigenvalue weighted by molar-refractivity contribution is -0.120. The van der Waals surface area contributed by atoms with Crippen LogP contribution in [-0.4, -0.2) is 43.2 Å². The van der Waals surface area contributed by atoms with E-state index in [1.54, 1.807) is 24.5 Å². The number of hydrogen-bond acceptors (Lipinski definition) is 7. The van der Waals surface area contributed by atoms with Crippen LogP contribution in [0.5, 0.6) is 23.1 Å². The lowest BCUT2D eigenvalue weighted by atomic mass is 9.95. The van der Waals surface area contributed by atoms with Gasteiger partial charge in [-0.15, -0.1) is 0 Å². The van der Waals surface area contributed by atoms with Crippen LogP contribution in [0.15, 0.2) is 54.9 Å². The number of anilines is 2. The third-order valence-electron chi connectivity index (χ3n) is 5.50. The molecule has 1 aliphatic heterocycles. The van der Waals surface area contributed by atoms with Gasteiger partial charge in [-0.3, -0.25) is 4.79 Å². The van der Waals surface area contributed by atoms with E-state index in [1.807, 2.05) is 30.3 Å². The number of piperidine rings is 1. The van der Waals surface area contributed by atoms with Gasteiger partial charge >= 0.3 is 0 Å². The zero-order valence-electron chi connectivity index (χ0n) is 18.5. The van der Waals surface area contributed by atoms with Crippen molar-refractivity contribution >= 4 is 29.0 Å². The highest BCUT2D eigenvalue weighted by Crippen LogP contribution is 2.37. The molecule has 1 saturated heterocycles. The van der Waals surface area contributed by atoms with Crippen LogP contribution in [-0.2, 0) is 4.79 Å². The standard InChI is InChI=1S/C24H25ClN4O4/c1-31-20-15-19(21(32-2)14-18(20)25)28-23(30)16-8-12-29(13-9-16)22-24(27-11-10-26-22)33-17-6-4-3-5-7-17/h3-7,10-11,14-16H,8-9,12-13H2,1-2H3,(H,28,30). The quantitative estimate of drug-likeness (QED) is 0.533. The summed E-state index contributed by atoms with van der Waals surface area (Å²) in [5.74, 6) is 2.54. The first kappa shape index (κ1) is 22.7. The molecule has 1 aliphatic rings. The van der Waals surface area contributed by atoms with Gasteiger partial charge in [0.15, 0.2) is 5.82 Å². The Labute approximate surface area is 197 Å². The highest BCUT2D eigenvalue weighted by atomic mass is 35.5. The van der Waals surface area contributed by atoms with Crippen molar-refractivity contribution in [3.8, 4) is 23.1 Å². The molecule has 9 heteroatoms. The molecule has 0 saturated carbocycles. The van der Waals surface area contributed by atoms with E-state index < -0.39 is 0 Å². The van der Waals surface area contributed by atoms with Crippen LogP contribution in [0, 0.1) is 5.92 Å². The molecule has 0 unspecified atom stereocenters. The maximum absolute atomic E-state index is 13.0. The van der Waals surface area contributed by atoms with E-state index in [-0.39, 0.29) is 11.8 Å². The molecule has 0 atom stereocenters. The number of benzene rings is 2. The number of ether oxygens (including phenoxy) is 3. The van der Waals surface area contributed by atoms with Gasteiger partial charge in [-0.05, 0) is 25.0 Å². The summed E-state index contributed by atoms with van der Waals surface area (Å²) < 4.78 is 16.6. The zero-order valence-corrected chi connectivity index (χ0v) is 19.2. The molecule has 1 aromatic heterocycles. The molecule has 4 rings (SSSR count). The van der Waals surface area contributed by atoms with Crippen molar-refractivity contribution in [2.24, 2.45) is 5.92 Å². The van der Waals surface area contributed by atoms with Gasteiger partial charge in [0.2, 0.25) is 5.91 Å². The number of methoxy groups -OCH3 is 2. The molecule has 1 N–H and O–H groups in total. The van der Waals surface area contributed by atoms with Crippen molar-refractivity contribution < 1.29 is 19.0 Å². The second kappa shape index (κ2) is 10.4. The maximum atomic E-state index is 13.0. The van der Waals surface area contributed by atoms with Gasteiger partial charge in [-0.2, -0.15) is 0 Å². The number of rotatable bonds is 7. The third-order valence-corrected chi connectivity index (χ3v) is 5.80. The topological polar surface area (TPSA) is 85.8 Å². The van der Waals surface area contributed by atoms with Crippen molar-refractivity contribution in [2.45, 2.75) is 12.8 Å². The average Bonchev–Trinajstić information content (AvgIpc) is 2.86. The number of amides is 1. The molecule has 2 heterocycles. The first-order chi connectivity index (χ1) is 16.1. The van der Waals surface area contributed by atoms with Crippen LogP contribution in [0.4, 0.5) is 11.5 Å². The molecule has 33 heavy (non-hydrogen) atoms. The van der Waals surface area contributed by atoms with Gasteiger partial charge < -0.3 is 24.4 Å². The van der Waals surface area contributed by atoms with Crippen molar-refractivity contribution in [1.82, 2.24) is 9.97 Å². The van der Waals surface area contributed by atoms with Gasteiger partial charge in [0.05, 0.1) is 24.9 Å². The summed E-state index contributed by atoms with van der Waals surface area (Å²) in [6, 6.07) is 12.8. The Morgan fingerprint density at radius 3 is 2.42 bits per heavy atom. The van der Waals surface area contributed by atoms with E-state index in [0.717, 1.165) is 0 Å². The lowest BCUT2D eigenvalue weighted by Gasteiger charge is -2.32. The molecule has 3 aromatic rings. The summed E-state index contributed by atoms with van der Waals surface area (Å²) >= 11 is 6.16. The number of nitrogens with zero attached hydrogens (tertiary/aromatic N) is 3. The van der Waals surface area contributed by atoms with Crippen LogP contribution in [0.1, 0.15) is 12.8 Å². The van der Waals surface area contributed by atoms with Crippen molar-refractivity contribution in [3.63, 3.8) is 0 Å². The number of hydrogen-bond donors (Lipinski definition) is 1. The first-order valence-corrected chi connectivity index (χ1v) is 11.0. The van der Waals surface area contributed by atoms with Crippen molar-refractivity contribution in [3.05, 3.63) is 59.9 Å². The average molecular weight is 469 g/mol. The summed E-state index contributed by atoms with van der Waals surface area (Å²) in [4.78, 5) is 23.9. The molecular weight excluding hydrogens is 444 g/mol. The number of carbonyl (C=O) groups is 1. The Morgan fingerprint density at radius 1 is 1.03 bits per heavy atom. The molecule has 0 spiro atoms. The number of para-hydroxylation sites is 1. The van der Waals surface area contributed by atoms with Crippen LogP contribution >= 0.6 is 11.6 Å². The van der Waals surface area contributed by atoms with E-state index in [1.165, 1.54) is 14.2 Å². The Balaban J connectivity index is 1.41. The highest BCUT2D eigenvalue weighted by molar-refractivity contribution is 6.32. The number of nitrogens with one attached hydrogen (secondary N) is 1. The SMILES string of the molecule is COc1cc(NC(=O)C2CCN(c3nccnc3Oc3ccccc3)CC2)c(OC)cc1Cl. The van der Waals surface area contributed by atoms with Crippen LogP contribution < -0.4 is 24.4 Å². The van der Waals surface area contributed by atoms with Gasteiger partial charge in [0, 0.05) is 43.5 Å². The van der Waals surface area contributed by atoms with Crippen LogP contribution in [0.25, 0.3) is 0 Å². The van der Waals surface area contributed by atoms with Crippen LogP contribution in [0.2, 0.25) is 5.02 Å². The van der Waals surface area contributed by atoms with Crippen molar-refractivity contribution in [1.29, 1.82) is 0 Å². The van der Waals surface area contributed by atoms with E-state index in [9.17, 15) is 4.79 Å². The van der Waals surface area contributed by atoms with E-state index in [0.29, 0.717) is 65.6 Å². The van der Waals surface area contributed by atoms with E-state index >= 15 is 0 Å². The summed E-state index contributed by atoms with van der Waals surface area (Å²) in [5.41, 5.74) is 0.527. The third kappa shape index (κ3) is 5.28. The number of carbonyl (C=O) groups excluding carboxylic acids is 1. The number of aromatic nitrogens is 2. The molecule has 172 valence electrons. The molecule has 1 amide bonds. The second-order valence-corrected chi connectivity index (χ2v) is 7.95. The molecule has 1 fully saturated rings. The van der Waals surface area contributed by atoms with Gasteiger partial charge in [-0.25, -0.2) is 9.97 Å². The summed E-state index contributed by atoms with van der Waals surface area (Å²) in [5, 5.41) is 3.37. The molecule has 0 aliphatic carbocycles. The summed E-state index contributed by atoms with van der Waals surface area (Å²) in [6.45, 7) is 1.31. The molecule has 2 aromatic carbocycles. The minimum Gasteiger partial charge on any atom is -0.495 e. The lowest BCUT2D eigenvalue weighted by Crippen LogP contribution is -2.38. The smallest absolute Gasteiger partial charge is 0.263 e. The Bertz CT molecular complexity index is 1100. The molecule has 8 nitrogen and oxygen atoms in total. The molecule has 0 radical (unpaired) electrons. The van der Waals surface area contributed by atoms with Crippen LogP contribution in [0.3, 0.4) is 0 Å². The molecular formula is C24H25ClN4O4. The monoisotopic (exact) mass is 468 g/mol. The molecule has 0 bridgehead atoms. The largest absolute Gasteiger partial charge is 0.495 e. The Morgan fingerprint density at radius 2 is 1.73 bits per heavy atom. The van der Waals surface area contributed by atoms with Gasteiger partial charge in [0.25, 0.3) is 5.88 Å². The fraction of sp³-hybridized carbons (Fsp3) is 0.292. The highest BCUT2D eigenvalue weighted by Gasteiger charge is 2.28. The normalized spacial score (nSPS) is 14.0. The number of halogens is 1. The second-order valence-electron chi connectivity index (χ2n) is 7.54. The fourth-order valence-corrected chi connectivity index (χ4v) is 3.98. The summed E-state index contributed by atoms with van der Waals surface area (Å²) in [6.07, 6.45) is 4.59. The fourth-order valence-electron chi connectivity index (χ4n) is 3.75. The van der Waals surface area contributed by atoms with Gasteiger partial charge in [0.1, 0.15) is 17.2 Å². The predicted octanol–water partition coefficient (Wildman–Crippen LogP) is 4.79. The first-order valence-electron chi connectivity index (χ1n) is 10.6. The minimum atomic E-state index is -0.150. The predicted molar refractivity (Wildman–Crippen MR) is 127 cm³/mol. The Hall–Kier alpha value is -3.52. The van der Waals surface area contributed by atoms with E-state index in [4.69, 9.17) is 25.8 Å².